The van der Waals surface area contributed by atoms with Gasteiger partial charge < -0.3 is 15.0 Å². The highest BCUT2D eigenvalue weighted by molar-refractivity contribution is 5.94. The van der Waals surface area contributed by atoms with E-state index in [2.05, 4.69) is 10.3 Å². The molecule has 0 bridgehead atoms. The second-order valence-corrected chi connectivity index (χ2v) is 5.55. The number of aromatic nitrogens is 1. The summed E-state index contributed by atoms with van der Waals surface area (Å²) < 4.78 is 18.9. The number of carbonyl (C=O) groups is 1. The molecule has 1 aromatic carbocycles. The van der Waals surface area contributed by atoms with E-state index in [9.17, 15) is 14.0 Å². The van der Waals surface area contributed by atoms with Crippen LogP contribution in [0.5, 0.6) is 5.75 Å². The third kappa shape index (κ3) is 4.67. The summed E-state index contributed by atoms with van der Waals surface area (Å²) in [5, 5.41) is 2.56. The molecule has 0 fully saturated rings. The molecule has 0 saturated carbocycles. The van der Waals surface area contributed by atoms with Crippen LogP contribution in [-0.4, -0.2) is 17.5 Å². The third-order valence-electron chi connectivity index (χ3n) is 3.07. The van der Waals surface area contributed by atoms with E-state index in [1.807, 2.05) is 13.8 Å². The Hall–Kier alpha value is -2.63. The zero-order chi connectivity index (χ0) is 16.8. The predicted octanol–water partition coefficient (Wildman–Crippen LogP) is 2.48. The quantitative estimate of drug-likeness (QED) is 0.859. The Balaban J connectivity index is 1.99. The van der Waals surface area contributed by atoms with Crippen molar-refractivity contribution >= 4 is 5.91 Å². The minimum absolute atomic E-state index is 0.0354. The zero-order valence-electron chi connectivity index (χ0n) is 13.1. The Morgan fingerprint density at radius 2 is 2.09 bits per heavy atom. The minimum Gasteiger partial charge on any atom is -0.488 e. The maximum atomic E-state index is 13.5. The lowest BCUT2D eigenvalue weighted by molar-refractivity contribution is 0.0946. The summed E-state index contributed by atoms with van der Waals surface area (Å²) in [6, 6.07) is 7.07. The van der Waals surface area contributed by atoms with Gasteiger partial charge in [0, 0.05) is 18.0 Å². The lowest BCUT2D eigenvalue weighted by Crippen LogP contribution is -2.25. The van der Waals surface area contributed by atoms with Crippen LogP contribution in [0.2, 0.25) is 0 Å². The third-order valence-corrected chi connectivity index (χ3v) is 3.07. The van der Waals surface area contributed by atoms with Crippen molar-refractivity contribution < 1.29 is 13.9 Å². The molecule has 2 rings (SSSR count). The SMILES string of the molecule is CC(C)COc1c[nH]c(CNC(=O)c2ccccc2F)cc1=O. The first-order valence-corrected chi connectivity index (χ1v) is 7.34. The van der Waals surface area contributed by atoms with Crippen molar-refractivity contribution in [1.82, 2.24) is 10.3 Å². The molecular weight excluding hydrogens is 299 g/mol. The predicted molar refractivity (Wildman–Crippen MR) is 85.0 cm³/mol. The van der Waals surface area contributed by atoms with Gasteiger partial charge in [-0.2, -0.15) is 0 Å². The Morgan fingerprint density at radius 3 is 2.74 bits per heavy atom. The lowest BCUT2D eigenvalue weighted by Gasteiger charge is -2.09. The molecule has 0 unspecified atom stereocenters. The van der Waals surface area contributed by atoms with E-state index >= 15 is 0 Å². The van der Waals surface area contributed by atoms with Gasteiger partial charge in [-0.05, 0) is 18.1 Å². The fourth-order valence-corrected chi connectivity index (χ4v) is 1.89. The average molecular weight is 318 g/mol. The number of pyridine rings is 1. The smallest absolute Gasteiger partial charge is 0.254 e. The number of carbonyl (C=O) groups excluding carboxylic acids is 1. The molecule has 122 valence electrons. The molecule has 0 spiro atoms. The summed E-state index contributed by atoms with van der Waals surface area (Å²) in [7, 11) is 0. The van der Waals surface area contributed by atoms with Crippen molar-refractivity contribution in [1.29, 1.82) is 0 Å². The molecule has 2 aromatic rings. The summed E-state index contributed by atoms with van der Waals surface area (Å²) in [5.74, 6) is -0.572. The molecule has 0 radical (unpaired) electrons. The molecular formula is C17H19FN2O3. The monoisotopic (exact) mass is 318 g/mol. The maximum Gasteiger partial charge on any atom is 0.254 e. The van der Waals surface area contributed by atoms with Crippen LogP contribution in [0.25, 0.3) is 0 Å². The molecule has 0 aliphatic heterocycles. The van der Waals surface area contributed by atoms with Gasteiger partial charge in [0.25, 0.3) is 5.91 Å². The van der Waals surface area contributed by atoms with E-state index in [1.54, 1.807) is 6.07 Å². The van der Waals surface area contributed by atoms with E-state index in [-0.39, 0.29) is 23.3 Å². The van der Waals surface area contributed by atoms with Crippen molar-refractivity contribution in [2.24, 2.45) is 5.92 Å². The van der Waals surface area contributed by atoms with Crippen molar-refractivity contribution in [3.63, 3.8) is 0 Å². The summed E-state index contributed by atoms with van der Waals surface area (Å²) in [4.78, 5) is 26.7. The largest absolute Gasteiger partial charge is 0.488 e. The number of nitrogens with one attached hydrogen (secondary N) is 2. The first-order chi connectivity index (χ1) is 11.0. The molecule has 2 N–H and O–H groups in total. The second kappa shape index (κ2) is 7.58. The van der Waals surface area contributed by atoms with E-state index in [1.165, 1.54) is 30.5 Å². The molecule has 6 heteroatoms. The van der Waals surface area contributed by atoms with Gasteiger partial charge >= 0.3 is 0 Å². The number of rotatable bonds is 6. The minimum atomic E-state index is -0.587. The number of H-pyrrole nitrogens is 1. The van der Waals surface area contributed by atoms with Gasteiger partial charge in [0.05, 0.1) is 18.7 Å². The highest BCUT2D eigenvalue weighted by Crippen LogP contribution is 2.07. The van der Waals surface area contributed by atoms with E-state index in [0.29, 0.717) is 18.2 Å². The fraction of sp³-hybridized carbons (Fsp3) is 0.294. The molecule has 0 saturated heterocycles. The first kappa shape index (κ1) is 16.7. The van der Waals surface area contributed by atoms with Gasteiger partial charge in [-0.15, -0.1) is 0 Å². The van der Waals surface area contributed by atoms with Crippen LogP contribution in [0.4, 0.5) is 4.39 Å². The van der Waals surface area contributed by atoms with Crippen molar-refractivity contribution in [2.75, 3.05) is 6.61 Å². The number of benzene rings is 1. The molecule has 0 aliphatic rings. The molecule has 5 nitrogen and oxygen atoms in total. The zero-order valence-corrected chi connectivity index (χ0v) is 13.1. The number of ether oxygens (including phenoxy) is 1. The van der Waals surface area contributed by atoms with E-state index in [0.717, 1.165) is 0 Å². The van der Waals surface area contributed by atoms with Gasteiger partial charge in [0.2, 0.25) is 5.43 Å². The number of hydrogen-bond donors (Lipinski definition) is 2. The Morgan fingerprint density at radius 1 is 1.35 bits per heavy atom. The molecule has 0 atom stereocenters. The Bertz CT molecular complexity index is 741. The van der Waals surface area contributed by atoms with Crippen LogP contribution < -0.4 is 15.5 Å². The van der Waals surface area contributed by atoms with Gasteiger partial charge in [-0.25, -0.2) is 4.39 Å². The summed E-state index contributed by atoms with van der Waals surface area (Å²) in [5.41, 5.74) is 0.211. The van der Waals surface area contributed by atoms with Crippen molar-refractivity contribution in [3.05, 3.63) is 63.8 Å². The highest BCUT2D eigenvalue weighted by Gasteiger charge is 2.11. The number of aromatic amines is 1. The summed E-state index contributed by atoms with van der Waals surface area (Å²) >= 11 is 0. The van der Waals surface area contributed by atoms with Crippen LogP contribution >= 0.6 is 0 Å². The summed E-state index contributed by atoms with van der Waals surface area (Å²) in [6.45, 7) is 4.51. The Labute approximate surface area is 133 Å². The average Bonchev–Trinajstić information content (AvgIpc) is 2.52. The number of hydrogen-bond acceptors (Lipinski definition) is 3. The van der Waals surface area contributed by atoms with Gasteiger partial charge in [-0.1, -0.05) is 26.0 Å². The normalized spacial score (nSPS) is 10.6. The molecule has 1 amide bonds. The standard InChI is InChI=1S/C17H19FN2O3/c1-11(2)10-23-16-9-19-12(7-15(16)21)8-20-17(22)13-5-3-4-6-14(13)18/h3-7,9,11H,8,10H2,1-2H3,(H,19,21)(H,20,22). The molecule has 0 aliphatic carbocycles. The van der Waals surface area contributed by atoms with Crippen molar-refractivity contribution in [3.8, 4) is 5.75 Å². The molecule has 1 aromatic heterocycles. The number of amides is 1. The first-order valence-electron chi connectivity index (χ1n) is 7.34. The van der Waals surface area contributed by atoms with Gasteiger partial charge in [-0.3, -0.25) is 9.59 Å². The van der Waals surface area contributed by atoms with Gasteiger partial charge in [0.1, 0.15) is 5.82 Å². The summed E-state index contributed by atoms with van der Waals surface area (Å²) in [6.07, 6.45) is 1.47. The molecule has 23 heavy (non-hydrogen) atoms. The van der Waals surface area contributed by atoms with Crippen LogP contribution in [0.3, 0.4) is 0 Å². The van der Waals surface area contributed by atoms with Crippen LogP contribution in [-0.2, 0) is 6.54 Å². The molecule has 1 heterocycles. The van der Waals surface area contributed by atoms with Crippen LogP contribution in [0, 0.1) is 11.7 Å². The van der Waals surface area contributed by atoms with E-state index < -0.39 is 11.7 Å². The maximum absolute atomic E-state index is 13.5. The highest BCUT2D eigenvalue weighted by atomic mass is 19.1. The van der Waals surface area contributed by atoms with Crippen molar-refractivity contribution in [2.45, 2.75) is 20.4 Å². The topological polar surface area (TPSA) is 71.2 Å². The second-order valence-electron chi connectivity index (χ2n) is 5.55. The fourth-order valence-electron chi connectivity index (χ4n) is 1.89. The van der Waals surface area contributed by atoms with Crippen LogP contribution in [0.1, 0.15) is 29.9 Å². The number of halogens is 1. The lowest BCUT2D eigenvalue weighted by atomic mass is 10.2. The van der Waals surface area contributed by atoms with Gasteiger partial charge in [0.15, 0.2) is 5.75 Å². The van der Waals surface area contributed by atoms with E-state index in [4.69, 9.17) is 4.74 Å². The van der Waals surface area contributed by atoms with Crippen LogP contribution in [0.15, 0.2) is 41.3 Å². The Kier molecular flexibility index (Phi) is 5.51.